The molecule has 4 aromatic heterocycles. The SMILES string of the molecule is Cc1cc(Nc2ncnc3cnc(N4CC[C@@](C)(O)C4)nc23)ccc1Oc1ccn2ncnc2c1. The first-order chi connectivity index (χ1) is 16.9. The van der Waals surface area contributed by atoms with E-state index in [1.54, 1.807) is 10.7 Å². The molecule has 1 saturated heterocycles. The lowest BCUT2D eigenvalue weighted by atomic mass is 10.1. The topological polar surface area (TPSA) is 126 Å². The highest BCUT2D eigenvalue weighted by Crippen LogP contribution is 2.30. The summed E-state index contributed by atoms with van der Waals surface area (Å²) in [5.41, 5.74) is 3.01. The molecule has 0 saturated carbocycles. The third kappa shape index (κ3) is 4.17. The summed E-state index contributed by atoms with van der Waals surface area (Å²) in [4.78, 5) is 24.0. The van der Waals surface area contributed by atoms with Crippen molar-refractivity contribution in [3.8, 4) is 11.5 Å². The van der Waals surface area contributed by atoms with Gasteiger partial charge in [-0.05, 0) is 50.1 Å². The molecular weight excluding hydrogens is 446 g/mol. The highest BCUT2D eigenvalue weighted by atomic mass is 16.5. The molecule has 1 atom stereocenters. The van der Waals surface area contributed by atoms with Crippen molar-refractivity contribution in [3.63, 3.8) is 0 Å². The van der Waals surface area contributed by atoms with Crippen molar-refractivity contribution < 1.29 is 9.84 Å². The Morgan fingerprint density at radius 2 is 2.00 bits per heavy atom. The normalized spacial score (nSPS) is 17.9. The van der Waals surface area contributed by atoms with Crippen molar-refractivity contribution >= 4 is 34.1 Å². The molecule has 11 heteroatoms. The second-order valence-corrected chi connectivity index (χ2v) is 8.93. The zero-order chi connectivity index (χ0) is 24.0. The summed E-state index contributed by atoms with van der Waals surface area (Å²) in [6.45, 7) is 4.99. The maximum atomic E-state index is 10.3. The minimum atomic E-state index is -0.741. The van der Waals surface area contributed by atoms with Crippen LogP contribution in [0.4, 0.5) is 17.5 Å². The van der Waals surface area contributed by atoms with Crippen LogP contribution in [0.5, 0.6) is 11.5 Å². The maximum Gasteiger partial charge on any atom is 0.226 e. The fourth-order valence-corrected chi connectivity index (χ4v) is 4.17. The largest absolute Gasteiger partial charge is 0.457 e. The monoisotopic (exact) mass is 469 g/mol. The molecule has 1 fully saturated rings. The van der Waals surface area contributed by atoms with Crippen LogP contribution in [0.3, 0.4) is 0 Å². The summed E-state index contributed by atoms with van der Waals surface area (Å²) in [6, 6.07) is 9.49. The van der Waals surface area contributed by atoms with Gasteiger partial charge in [-0.25, -0.2) is 29.4 Å². The molecule has 5 aromatic rings. The van der Waals surface area contributed by atoms with Crippen LogP contribution in [0.15, 0.2) is 55.4 Å². The van der Waals surface area contributed by atoms with E-state index < -0.39 is 5.60 Å². The molecule has 1 aliphatic rings. The van der Waals surface area contributed by atoms with E-state index in [4.69, 9.17) is 9.72 Å². The number of rotatable bonds is 5. The summed E-state index contributed by atoms with van der Waals surface area (Å²) in [5.74, 6) is 2.55. The van der Waals surface area contributed by atoms with Gasteiger partial charge in [-0.15, -0.1) is 0 Å². The third-order valence-electron chi connectivity index (χ3n) is 6.02. The average molecular weight is 470 g/mol. The average Bonchev–Trinajstić information content (AvgIpc) is 3.46. The summed E-state index contributed by atoms with van der Waals surface area (Å²) in [7, 11) is 0. The van der Waals surface area contributed by atoms with Crippen molar-refractivity contribution in [2.75, 3.05) is 23.3 Å². The fourth-order valence-electron chi connectivity index (χ4n) is 4.17. The van der Waals surface area contributed by atoms with Gasteiger partial charge in [0.2, 0.25) is 5.95 Å². The lowest BCUT2D eigenvalue weighted by Gasteiger charge is -2.19. The Kier molecular flexibility index (Phi) is 4.92. The maximum absolute atomic E-state index is 10.3. The van der Waals surface area contributed by atoms with E-state index in [-0.39, 0.29) is 0 Å². The number of benzene rings is 1. The Balaban J connectivity index is 1.25. The Morgan fingerprint density at radius 1 is 1.09 bits per heavy atom. The molecule has 0 bridgehead atoms. The van der Waals surface area contributed by atoms with E-state index in [1.165, 1.54) is 12.7 Å². The van der Waals surface area contributed by atoms with E-state index in [0.717, 1.165) is 17.0 Å². The number of anilines is 3. The number of fused-ring (bicyclic) bond motifs is 2. The first kappa shape index (κ1) is 21.2. The molecule has 35 heavy (non-hydrogen) atoms. The summed E-state index contributed by atoms with van der Waals surface area (Å²) in [6.07, 6.45) is 7.16. The minimum Gasteiger partial charge on any atom is -0.457 e. The number of aliphatic hydroxyl groups is 1. The molecule has 1 aliphatic heterocycles. The second kappa shape index (κ2) is 8.13. The number of hydrogen-bond donors (Lipinski definition) is 2. The van der Waals surface area contributed by atoms with Crippen LogP contribution in [0.1, 0.15) is 18.9 Å². The van der Waals surface area contributed by atoms with Crippen LogP contribution in [0.25, 0.3) is 16.7 Å². The first-order valence-electron chi connectivity index (χ1n) is 11.2. The number of pyridine rings is 1. The summed E-state index contributed by atoms with van der Waals surface area (Å²) in [5, 5.41) is 17.8. The summed E-state index contributed by atoms with van der Waals surface area (Å²) < 4.78 is 7.75. The van der Waals surface area contributed by atoms with Gasteiger partial charge in [0.1, 0.15) is 35.2 Å². The minimum absolute atomic E-state index is 0.486. The van der Waals surface area contributed by atoms with Crippen molar-refractivity contribution in [1.29, 1.82) is 0 Å². The molecule has 0 unspecified atom stereocenters. The highest BCUT2D eigenvalue weighted by molar-refractivity contribution is 5.87. The zero-order valence-corrected chi connectivity index (χ0v) is 19.3. The number of aromatic nitrogens is 7. The predicted octanol–water partition coefficient (Wildman–Crippen LogP) is 3.27. The molecule has 11 nitrogen and oxygen atoms in total. The number of β-amino-alcohol motifs (C(OH)–C–C–N with tert-alkyl or cyclic N) is 1. The number of hydrogen-bond acceptors (Lipinski definition) is 10. The first-order valence-corrected chi connectivity index (χ1v) is 11.2. The van der Waals surface area contributed by atoms with Gasteiger partial charge in [0.15, 0.2) is 11.5 Å². The van der Waals surface area contributed by atoms with Crippen LogP contribution in [0.2, 0.25) is 0 Å². The molecular formula is C24H23N9O2. The van der Waals surface area contributed by atoms with Crippen molar-refractivity contribution in [3.05, 3.63) is 60.9 Å². The smallest absolute Gasteiger partial charge is 0.226 e. The van der Waals surface area contributed by atoms with Crippen LogP contribution < -0.4 is 15.0 Å². The van der Waals surface area contributed by atoms with Gasteiger partial charge in [0, 0.05) is 31.0 Å². The van der Waals surface area contributed by atoms with Gasteiger partial charge in [-0.3, -0.25) is 0 Å². The van der Waals surface area contributed by atoms with Crippen LogP contribution in [0, 0.1) is 6.92 Å². The Bertz CT molecular complexity index is 1550. The van der Waals surface area contributed by atoms with Crippen molar-refractivity contribution in [2.24, 2.45) is 0 Å². The fraction of sp³-hybridized carbons (Fsp3) is 0.250. The van der Waals surface area contributed by atoms with E-state index in [0.29, 0.717) is 53.7 Å². The molecule has 0 radical (unpaired) electrons. The van der Waals surface area contributed by atoms with E-state index in [9.17, 15) is 5.11 Å². The van der Waals surface area contributed by atoms with E-state index in [1.807, 2.05) is 55.3 Å². The van der Waals surface area contributed by atoms with Crippen LogP contribution >= 0.6 is 0 Å². The molecule has 0 spiro atoms. The molecule has 6 rings (SSSR count). The van der Waals surface area contributed by atoms with Gasteiger partial charge in [-0.2, -0.15) is 5.10 Å². The van der Waals surface area contributed by atoms with Gasteiger partial charge in [-0.1, -0.05) is 0 Å². The molecule has 2 N–H and O–H groups in total. The van der Waals surface area contributed by atoms with Gasteiger partial charge in [0.25, 0.3) is 0 Å². The second-order valence-electron chi connectivity index (χ2n) is 8.93. The Labute approximate surface area is 200 Å². The quantitative estimate of drug-likeness (QED) is 0.396. The Morgan fingerprint density at radius 3 is 2.83 bits per heavy atom. The summed E-state index contributed by atoms with van der Waals surface area (Å²) >= 11 is 0. The standard InChI is InChI=1S/C24H23N9O2/c1-15-9-16(3-4-19(15)35-17-5-7-33-20(10-17)27-14-29-33)30-22-21-18(26-13-28-22)11-25-23(31-21)32-8-6-24(2,34)12-32/h3-5,7,9-11,13-14,34H,6,8,12H2,1-2H3,(H,26,28,30)/t24-/m1/s1. The van der Waals surface area contributed by atoms with Gasteiger partial charge < -0.3 is 20.1 Å². The molecule has 1 aromatic carbocycles. The number of nitrogens with one attached hydrogen (secondary N) is 1. The molecule has 5 heterocycles. The van der Waals surface area contributed by atoms with E-state index >= 15 is 0 Å². The predicted molar refractivity (Wildman–Crippen MR) is 130 cm³/mol. The van der Waals surface area contributed by atoms with Gasteiger partial charge in [0.05, 0.1) is 11.8 Å². The third-order valence-corrected chi connectivity index (χ3v) is 6.02. The van der Waals surface area contributed by atoms with Crippen molar-refractivity contribution in [2.45, 2.75) is 25.9 Å². The van der Waals surface area contributed by atoms with Crippen LogP contribution in [-0.2, 0) is 0 Å². The van der Waals surface area contributed by atoms with E-state index in [2.05, 4.69) is 30.4 Å². The number of aryl methyl sites for hydroxylation is 1. The lowest BCUT2D eigenvalue weighted by Crippen LogP contribution is -2.30. The molecule has 176 valence electrons. The lowest BCUT2D eigenvalue weighted by molar-refractivity contribution is 0.0838. The molecule has 0 amide bonds. The Hall–Kier alpha value is -4.38. The highest BCUT2D eigenvalue weighted by Gasteiger charge is 2.32. The van der Waals surface area contributed by atoms with Crippen molar-refractivity contribution in [1.82, 2.24) is 34.5 Å². The number of ether oxygens (including phenoxy) is 1. The number of nitrogens with zero attached hydrogens (tertiary/aromatic N) is 8. The molecule has 0 aliphatic carbocycles. The van der Waals surface area contributed by atoms with Crippen LogP contribution in [-0.4, -0.2) is 58.3 Å². The van der Waals surface area contributed by atoms with Gasteiger partial charge >= 0.3 is 0 Å². The zero-order valence-electron chi connectivity index (χ0n) is 19.3.